The van der Waals surface area contributed by atoms with Gasteiger partial charge in [-0.15, -0.1) is 0 Å². The quantitative estimate of drug-likeness (QED) is 0.920. The number of amides is 1. The second-order valence-electron chi connectivity index (χ2n) is 6.45. The molecule has 1 aromatic carbocycles. The predicted molar refractivity (Wildman–Crippen MR) is 94.1 cm³/mol. The Labute approximate surface area is 146 Å². The number of benzene rings is 1. The lowest BCUT2D eigenvalue weighted by Crippen LogP contribution is -2.36. The summed E-state index contributed by atoms with van der Waals surface area (Å²) < 4.78 is 13.2. The van der Waals surface area contributed by atoms with Crippen molar-refractivity contribution < 1.29 is 9.18 Å². The molecule has 132 valence electrons. The Hall–Kier alpha value is -2.54. The number of likely N-dealkylation sites (N-methyl/N-ethyl adjacent to an activating group) is 1. The van der Waals surface area contributed by atoms with E-state index in [1.807, 2.05) is 0 Å². The van der Waals surface area contributed by atoms with Gasteiger partial charge in [-0.1, -0.05) is 12.1 Å². The van der Waals surface area contributed by atoms with Gasteiger partial charge in [-0.25, -0.2) is 14.4 Å². The molecule has 0 spiro atoms. The molecule has 0 unspecified atom stereocenters. The van der Waals surface area contributed by atoms with E-state index in [4.69, 9.17) is 5.73 Å². The van der Waals surface area contributed by atoms with Crippen molar-refractivity contribution in [3.05, 3.63) is 42.0 Å². The third-order valence-electron chi connectivity index (χ3n) is 4.51. The third-order valence-corrected chi connectivity index (χ3v) is 4.51. The number of anilines is 1. The van der Waals surface area contributed by atoms with E-state index in [1.165, 1.54) is 12.1 Å². The highest BCUT2D eigenvalue weighted by Crippen LogP contribution is 2.36. The van der Waals surface area contributed by atoms with Crippen LogP contribution in [0.25, 0.3) is 11.1 Å². The summed E-state index contributed by atoms with van der Waals surface area (Å²) in [6.07, 6.45) is 3.55. The smallest absolute Gasteiger partial charge is 0.236 e. The number of likely N-dealkylation sites (tertiary alicyclic amines) is 1. The van der Waals surface area contributed by atoms with E-state index in [9.17, 15) is 9.18 Å². The summed E-state index contributed by atoms with van der Waals surface area (Å²) in [5.74, 6) is -0.0374. The molecule has 0 aliphatic carbocycles. The number of carbonyl (C=O) groups is 1. The monoisotopic (exact) mass is 343 g/mol. The Morgan fingerprint density at radius 1 is 1.36 bits per heavy atom. The fraction of sp³-hybridized carbons (Fsp3) is 0.389. The first-order chi connectivity index (χ1) is 12.0. The molecule has 1 aliphatic rings. The number of carbonyl (C=O) groups excluding carboxylic acids is 1. The molecule has 7 heteroatoms. The van der Waals surface area contributed by atoms with Crippen LogP contribution in [0.3, 0.4) is 0 Å². The van der Waals surface area contributed by atoms with Gasteiger partial charge in [0, 0.05) is 25.9 Å². The number of halogens is 1. The molecular formula is C18H22FN5O. The number of nitrogens with two attached hydrogens (primary N) is 1. The van der Waals surface area contributed by atoms with Gasteiger partial charge in [0.15, 0.2) is 0 Å². The zero-order valence-corrected chi connectivity index (χ0v) is 14.4. The van der Waals surface area contributed by atoms with Crippen molar-refractivity contribution in [2.45, 2.75) is 18.9 Å². The Morgan fingerprint density at radius 2 is 2.08 bits per heavy atom. The van der Waals surface area contributed by atoms with E-state index in [0.29, 0.717) is 6.54 Å². The van der Waals surface area contributed by atoms with Gasteiger partial charge in [0.25, 0.3) is 0 Å². The van der Waals surface area contributed by atoms with Crippen LogP contribution in [-0.4, -0.2) is 52.9 Å². The van der Waals surface area contributed by atoms with Crippen LogP contribution in [0, 0.1) is 5.82 Å². The minimum atomic E-state index is -0.291. The van der Waals surface area contributed by atoms with Gasteiger partial charge >= 0.3 is 0 Å². The SMILES string of the molecule is CN(C)C(=O)CN1CCC[C@@H]1c1nc(N)ncc1-c1ccc(F)cc1. The Kier molecular flexibility index (Phi) is 4.94. The number of hydrogen-bond donors (Lipinski definition) is 1. The summed E-state index contributed by atoms with van der Waals surface area (Å²) in [5, 5.41) is 0. The Bertz CT molecular complexity index is 763. The van der Waals surface area contributed by atoms with Crippen molar-refractivity contribution in [3.63, 3.8) is 0 Å². The van der Waals surface area contributed by atoms with E-state index in [2.05, 4.69) is 14.9 Å². The van der Waals surface area contributed by atoms with Gasteiger partial charge < -0.3 is 10.6 Å². The van der Waals surface area contributed by atoms with Crippen molar-refractivity contribution in [2.24, 2.45) is 0 Å². The summed E-state index contributed by atoms with van der Waals surface area (Å²) >= 11 is 0. The number of nitrogen functional groups attached to an aromatic ring is 1. The molecule has 0 radical (unpaired) electrons. The molecule has 3 rings (SSSR count). The van der Waals surface area contributed by atoms with Gasteiger partial charge in [-0.05, 0) is 37.1 Å². The molecule has 1 aliphatic heterocycles. The lowest BCUT2D eigenvalue weighted by molar-refractivity contribution is -0.130. The molecule has 1 aromatic heterocycles. The van der Waals surface area contributed by atoms with Gasteiger partial charge in [0.1, 0.15) is 5.82 Å². The summed E-state index contributed by atoms with van der Waals surface area (Å²) in [4.78, 5) is 24.4. The van der Waals surface area contributed by atoms with E-state index in [0.717, 1.165) is 36.2 Å². The zero-order chi connectivity index (χ0) is 18.0. The number of rotatable bonds is 4. The largest absolute Gasteiger partial charge is 0.368 e. The standard InChI is InChI=1S/C18H22FN5O/c1-23(2)16(25)11-24-9-3-4-15(24)17-14(10-21-18(20)22-17)12-5-7-13(19)8-6-12/h5-8,10,15H,3-4,9,11H2,1-2H3,(H2,20,21,22)/t15-/m1/s1. The van der Waals surface area contributed by atoms with Gasteiger partial charge in [0.05, 0.1) is 18.3 Å². The summed E-state index contributed by atoms with van der Waals surface area (Å²) in [5.41, 5.74) is 8.27. The highest BCUT2D eigenvalue weighted by atomic mass is 19.1. The number of nitrogens with zero attached hydrogens (tertiary/aromatic N) is 4. The average Bonchev–Trinajstić information content (AvgIpc) is 3.03. The van der Waals surface area contributed by atoms with Crippen LogP contribution in [-0.2, 0) is 4.79 Å². The molecule has 1 amide bonds. The molecule has 2 N–H and O–H groups in total. The summed E-state index contributed by atoms with van der Waals surface area (Å²) in [6, 6.07) is 6.24. The summed E-state index contributed by atoms with van der Waals surface area (Å²) in [6.45, 7) is 1.17. The molecule has 6 nitrogen and oxygen atoms in total. The minimum absolute atomic E-state index is 0.00532. The molecule has 1 saturated heterocycles. The molecule has 2 aromatic rings. The van der Waals surface area contributed by atoms with Crippen molar-refractivity contribution in [1.82, 2.24) is 19.8 Å². The van der Waals surface area contributed by atoms with Gasteiger partial charge in [-0.2, -0.15) is 0 Å². The Balaban J connectivity index is 1.96. The van der Waals surface area contributed by atoms with Crippen molar-refractivity contribution in [2.75, 3.05) is 32.9 Å². The zero-order valence-electron chi connectivity index (χ0n) is 14.4. The minimum Gasteiger partial charge on any atom is -0.368 e. The van der Waals surface area contributed by atoms with Crippen LogP contribution in [0.1, 0.15) is 24.6 Å². The van der Waals surface area contributed by atoms with E-state index in [1.54, 1.807) is 37.3 Å². The first kappa shape index (κ1) is 17.3. The van der Waals surface area contributed by atoms with Crippen LogP contribution in [0.15, 0.2) is 30.5 Å². The molecule has 2 heterocycles. The number of hydrogen-bond acceptors (Lipinski definition) is 5. The second kappa shape index (κ2) is 7.14. The molecule has 0 saturated carbocycles. The van der Waals surface area contributed by atoms with E-state index in [-0.39, 0.29) is 23.7 Å². The fourth-order valence-corrected chi connectivity index (χ4v) is 3.16. The maximum absolute atomic E-state index is 13.2. The Morgan fingerprint density at radius 3 is 2.76 bits per heavy atom. The van der Waals surface area contributed by atoms with Crippen molar-refractivity contribution in [3.8, 4) is 11.1 Å². The predicted octanol–water partition coefficient (Wildman–Crippen LogP) is 2.09. The maximum atomic E-state index is 13.2. The fourth-order valence-electron chi connectivity index (χ4n) is 3.16. The second-order valence-corrected chi connectivity index (χ2v) is 6.45. The first-order valence-electron chi connectivity index (χ1n) is 8.28. The van der Waals surface area contributed by atoms with Gasteiger partial charge in [0.2, 0.25) is 11.9 Å². The molecule has 25 heavy (non-hydrogen) atoms. The lowest BCUT2D eigenvalue weighted by Gasteiger charge is -2.26. The number of aromatic nitrogens is 2. The normalized spacial score (nSPS) is 17.6. The lowest BCUT2D eigenvalue weighted by atomic mass is 10.00. The van der Waals surface area contributed by atoms with Crippen molar-refractivity contribution >= 4 is 11.9 Å². The van der Waals surface area contributed by atoms with Crippen LogP contribution in [0.2, 0.25) is 0 Å². The van der Waals surface area contributed by atoms with E-state index < -0.39 is 0 Å². The first-order valence-corrected chi connectivity index (χ1v) is 8.28. The third kappa shape index (κ3) is 3.76. The van der Waals surface area contributed by atoms with E-state index >= 15 is 0 Å². The topological polar surface area (TPSA) is 75.4 Å². The molecule has 1 atom stereocenters. The van der Waals surface area contributed by atoms with Crippen LogP contribution in [0.4, 0.5) is 10.3 Å². The molecule has 0 bridgehead atoms. The average molecular weight is 343 g/mol. The van der Waals surface area contributed by atoms with Crippen LogP contribution < -0.4 is 5.73 Å². The van der Waals surface area contributed by atoms with Crippen LogP contribution in [0.5, 0.6) is 0 Å². The maximum Gasteiger partial charge on any atom is 0.236 e. The molecular weight excluding hydrogens is 321 g/mol. The van der Waals surface area contributed by atoms with Crippen LogP contribution >= 0.6 is 0 Å². The van der Waals surface area contributed by atoms with Gasteiger partial charge in [-0.3, -0.25) is 9.69 Å². The summed E-state index contributed by atoms with van der Waals surface area (Å²) in [7, 11) is 3.50. The highest BCUT2D eigenvalue weighted by Gasteiger charge is 2.31. The highest BCUT2D eigenvalue weighted by molar-refractivity contribution is 5.77. The molecule has 1 fully saturated rings. The van der Waals surface area contributed by atoms with Crippen molar-refractivity contribution in [1.29, 1.82) is 0 Å².